The molecule has 0 aromatic heterocycles. The Morgan fingerprint density at radius 2 is 2.33 bits per heavy atom. The van der Waals surface area contributed by atoms with Crippen LogP contribution in [0.2, 0.25) is 0 Å². The first kappa shape index (κ1) is 8.63. The Hall–Kier alpha value is -0.370. The van der Waals surface area contributed by atoms with Gasteiger partial charge in [0.25, 0.3) is 0 Å². The molecule has 1 nitrogen and oxygen atoms in total. The van der Waals surface area contributed by atoms with Crippen molar-refractivity contribution in [2.45, 2.75) is 25.9 Å². The van der Waals surface area contributed by atoms with Gasteiger partial charge in [0, 0.05) is 0 Å². The average Bonchev–Trinajstić information content (AvgIpc) is 1.85. The van der Waals surface area contributed by atoms with Crippen LogP contribution in [0.5, 0.6) is 0 Å². The van der Waals surface area contributed by atoms with Crippen LogP contribution in [0.4, 0.5) is 4.39 Å². The van der Waals surface area contributed by atoms with Crippen molar-refractivity contribution in [1.29, 1.82) is 0 Å². The van der Waals surface area contributed by atoms with E-state index in [1.807, 2.05) is 13.0 Å². The Bertz CT molecular complexity index is 81.0. The molecule has 0 aromatic rings. The van der Waals surface area contributed by atoms with E-state index in [4.69, 9.17) is 5.73 Å². The molecule has 1 atom stereocenters. The summed E-state index contributed by atoms with van der Waals surface area (Å²) in [7, 11) is 0. The third-order valence-corrected chi connectivity index (χ3v) is 1.02. The number of rotatable bonds is 4. The molecular weight excluding hydrogens is 117 g/mol. The van der Waals surface area contributed by atoms with E-state index >= 15 is 0 Å². The smallest absolute Gasteiger partial charge is 0.119 e. The summed E-state index contributed by atoms with van der Waals surface area (Å²) >= 11 is 0. The average molecular weight is 131 g/mol. The zero-order valence-corrected chi connectivity index (χ0v) is 5.81. The van der Waals surface area contributed by atoms with Crippen molar-refractivity contribution in [3.05, 3.63) is 12.2 Å². The molecule has 0 aliphatic carbocycles. The number of allylic oxidation sites excluding steroid dienone is 2. The van der Waals surface area contributed by atoms with E-state index in [1.165, 1.54) is 0 Å². The molecule has 2 N–H and O–H groups in total. The summed E-state index contributed by atoms with van der Waals surface area (Å²) in [6.07, 6.45) is 3.88. The van der Waals surface area contributed by atoms with Crippen LogP contribution >= 0.6 is 0 Å². The first-order chi connectivity index (χ1) is 4.31. The lowest BCUT2D eigenvalue weighted by Crippen LogP contribution is -2.06. The van der Waals surface area contributed by atoms with Crippen LogP contribution in [0.3, 0.4) is 0 Å². The molecule has 54 valence electrons. The minimum absolute atomic E-state index is 0.426. The van der Waals surface area contributed by atoms with Crippen molar-refractivity contribution in [1.82, 2.24) is 0 Å². The Labute approximate surface area is 55.7 Å². The monoisotopic (exact) mass is 131 g/mol. The highest BCUT2D eigenvalue weighted by atomic mass is 19.1. The van der Waals surface area contributed by atoms with Crippen molar-refractivity contribution >= 4 is 0 Å². The van der Waals surface area contributed by atoms with E-state index in [0.29, 0.717) is 13.0 Å². The highest BCUT2D eigenvalue weighted by Crippen LogP contribution is 1.97. The summed E-state index contributed by atoms with van der Waals surface area (Å²) in [5.74, 6) is 0. The SMILES string of the molecule is CC/C=C/C(F)CCN. The largest absolute Gasteiger partial charge is 0.330 e. The number of nitrogens with two attached hydrogens (primary N) is 1. The number of halogens is 1. The molecule has 0 spiro atoms. The Kier molecular flexibility index (Phi) is 5.52. The van der Waals surface area contributed by atoms with E-state index < -0.39 is 6.17 Å². The van der Waals surface area contributed by atoms with Crippen LogP contribution in [0.1, 0.15) is 19.8 Å². The van der Waals surface area contributed by atoms with Crippen molar-refractivity contribution in [3.8, 4) is 0 Å². The van der Waals surface area contributed by atoms with Crippen LogP contribution in [0.15, 0.2) is 12.2 Å². The second kappa shape index (κ2) is 5.76. The molecule has 1 unspecified atom stereocenters. The van der Waals surface area contributed by atoms with E-state index in [0.717, 1.165) is 6.42 Å². The third kappa shape index (κ3) is 5.50. The molecule has 0 radical (unpaired) electrons. The molecular formula is C7H14FN. The third-order valence-electron chi connectivity index (χ3n) is 1.02. The second-order valence-corrected chi connectivity index (χ2v) is 1.93. The Morgan fingerprint density at radius 1 is 1.67 bits per heavy atom. The fraction of sp³-hybridized carbons (Fsp3) is 0.714. The van der Waals surface area contributed by atoms with E-state index in [9.17, 15) is 4.39 Å². The van der Waals surface area contributed by atoms with Gasteiger partial charge in [-0.05, 0) is 19.4 Å². The molecule has 0 rings (SSSR count). The normalized spacial score (nSPS) is 14.6. The predicted molar refractivity (Wildman–Crippen MR) is 38.0 cm³/mol. The van der Waals surface area contributed by atoms with Crippen LogP contribution in [-0.4, -0.2) is 12.7 Å². The fourth-order valence-corrected chi connectivity index (χ4v) is 0.539. The second-order valence-electron chi connectivity index (χ2n) is 1.93. The summed E-state index contributed by atoms with van der Waals surface area (Å²) < 4.78 is 12.4. The van der Waals surface area contributed by atoms with Crippen molar-refractivity contribution in [2.24, 2.45) is 5.73 Å². The molecule has 2 heteroatoms. The molecule has 0 saturated carbocycles. The summed E-state index contributed by atoms with van der Waals surface area (Å²) in [4.78, 5) is 0. The zero-order chi connectivity index (χ0) is 7.11. The maximum Gasteiger partial charge on any atom is 0.119 e. The van der Waals surface area contributed by atoms with Gasteiger partial charge in [-0.25, -0.2) is 4.39 Å². The molecule has 0 bridgehead atoms. The van der Waals surface area contributed by atoms with Crippen LogP contribution in [-0.2, 0) is 0 Å². The standard InChI is InChI=1S/C7H14FN/c1-2-3-4-7(8)5-6-9/h3-4,7H,2,5-6,9H2,1H3/b4-3+. The minimum Gasteiger partial charge on any atom is -0.330 e. The van der Waals surface area contributed by atoms with E-state index in [1.54, 1.807) is 6.08 Å². The van der Waals surface area contributed by atoms with Crippen molar-refractivity contribution in [3.63, 3.8) is 0 Å². The zero-order valence-electron chi connectivity index (χ0n) is 5.81. The van der Waals surface area contributed by atoms with Crippen molar-refractivity contribution < 1.29 is 4.39 Å². The molecule has 0 amide bonds. The quantitative estimate of drug-likeness (QED) is 0.577. The van der Waals surface area contributed by atoms with Crippen LogP contribution in [0, 0.1) is 0 Å². The van der Waals surface area contributed by atoms with Gasteiger partial charge in [-0.15, -0.1) is 0 Å². The number of alkyl halides is 1. The predicted octanol–water partition coefficient (Wildman–Crippen LogP) is 1.64. The summed E-state index contributed by atoms with van der Waals surface area (Å²) in [5.41, 5.74) is 5.13. The first-order valence-corrected chi connectivity index (χ1v) is 3.32. The van der Waals surface area contributed by atoms with Gasteiger partial charge >= 0.3 is 0 Å². The minimum atomic E-state index is -0.838. The van der Waals surface area contributed by atoms with Gasteiger partial charge in [0.05, 0.1) is 0 Å². The van der Waals surface area contributed by atoms with E-state index in [-0.39, 0.29) is 0 Å². The van der Waals surface area contributed by atoms with E-state index in [2.05, 4.69) is 0 Å². The maximum absolute atomic E-state index is 12.4. The lowest BCUT2D eigenvalue weighted by Gasteiger charge is -1.96. The lowest BCUT2D eigenvalue weighted by atomic mass is 10.2. The van der Waals surface area contributed by atoms with Gasteiger partial charge in [0.2, 0.25) is 0 Å². The maximum atomic E-state index is 12.4. The van der Waals surface area contributed by atoms with Crippen molar-refractivity contribution in [2.75, 3.05) is 6.54 Å². The van der Waals surface area contributed by atoms with Gasteiger partial charge in [0.15, 0.2) is 0 Å². The Balaban J connectivity index is 3.25. The van der Waals surface area contributed by atoms with Gasteiger partial charge in [0.1, 0.15) is 6.17 Å². The lowest BCUT2D eigenvalue weighted by molar-refractivity contribution is 0.382. The number of hydrogen-bond donors (Lipinski definition) is 1. The highest BCUT2D eigenvalue weighted by molar-refractivity contribution is 4.87. The number of hydrogen-bond acceptors (Lipinski definition) is 1. The van der Waals surface area contributed by atoms with Crippen LogP contribution in [0.25, 0.3) is 0 Å². The van der Waals surface area contributed by atoms with Gasteiger partial charge < -0.3 is 5.73 Å². The first-order valence-electron chi connectivity index (χ1n) is 3.32. The molecule has 0 aliphatic heterocycles. The molecule has 0 heterocycles. The van der Waals surface area contributed by atoms with Crippen LogP contribution < -0.4 is 5.73 Å². The molecule has 0 saturated heterocycles. The van der Waals surface area contributed by atoms with Gasteiger partial charge in [-0.2, -0.15) is 0 Å². The highest BCUT2D eigenvalue weighted by Gasteiger charge is 1.96. The topological polar surface area (TPSA) is 26.0 Å². The fourth-order valence-electron chi connectivity index (χ4n) is 0.539. The molecule has 0 aromatic carbocycles. The van der Waals surface area contributed by atoms with Gasteiger partial charge in [-0.1, -0.05) is 19.1 Å². The summed E-state index contributed by atoms with van der Waals surface area (Å²) in [6, 6.07) is 0. The summed E-state index contributed by atoms with van der Waals surface area (Å²) in [5, 5.41) is 0. The van der Waals surface area contributed by atoms with Gasteiger partial charge in [-0.3, -0.25) is 0 Å². The Morgan fingerprint density at radius 3 is 2.78 bits per heavy atom. The summed E-state index contributed by atoms with van der Waals surface area (Å²) in [6.45, 7) is 2.40. The molecule has 0 aliphatic rings. The molecule has 0 fully saturated rings. The molecule has 9 heavy (non-hydrogen) atoms.